The zero-order chi connectivity index (χ0) is 15.5. The van der Waals surface area contributed by atoms with Crippen molar-refractivity contribution in [2.24, 2.45) is 0 Å². The first kappa shape index (κ1) is 16.1. The van der Waals surface area contributed by atoms with E-state index in [9.17, 15) is 0 Å². The van der Waals surface area contributed by atoms with Crippen LogP contribution in [0.15, 0.2) is 46.9 Å². The van der Waals surface area contributed by atoms with Gasteiger partial charge in [-0.15, -0.1) is 0 Å². The Morgan fingerprint density at radius 2 is 1.86 bits per heavy atom. The van der Waals surface area contributed by atoms with Gasteiger partial charge in [-0.2, -0.15) is 0 Å². The Morgan fingerprint density at radius 3 is 2.52 bits per heavy atom. The van der Waals surface area contributed by atoms with Gasteiger partial charge in [-0.1, -0.05) is 39.7 Å². The fourth-order valence-electron chi connectivity index (χ4n) is 1.96. The molecule has 0 fully saturated rings. The maximum atomic E-state index is 6.04. The van der Waals surface area contributed by atoms with Gasteiger partial charge >= 0.3 is 0 Å². The van der Waals surface area contributed by atoms with E-state index in [0.29, 0.717) is 0 Å². The van der Waals surface area contributed by atoms with Crippen LogP contribution in [0.3, 0.4) is 0 Å². The van der Waals surface area contributed by atoms with E-state index in [2.05, 4.69) is 61.1 Å². The molecule has 0 aliphatic rings. The third-order valence-corrected chi connectivity index (χ3v) is 3.54. The Hall–Kier alpha value is -1.32. The molecule has 0 saturated carbocycles. The summed E-state index contributed by atoms with van der Waals surface area (Å²) in [5.74, 6) is 1.74. The second-order valence-electron chi connectivity index (χ2n) is 6.27. The monoisotopic (exact) mass is 347 g/mol. The molecule has 0 amide bonds. The van der Waals surface area contributed by atoms with Crippen molar-refractivity contribution >= 4 is 15.9 Å². The Labute approximate surface area is 135 Å². The first-order valence-electron chi connectivity index (χ1n) is 7.11. The number of hydrogen-bond donors (Lipinski definition) is 1. The van der Waals surface area contributed by atoms with Crippen LogP contribution >= 0.6 is 15.9 Å². The molecule has 0 saturated heterocycles. The van der Waals surface area contributed by atoms with Crippen LogP contribution < -0.4 is 10.1 Å². The quantitative estimate of drug-likeness (QED) is 0.795. The smallest absolute Gasteiger partial charge is 0.131 e. The van der Waals surface area contributed by atoms with Crippen LogP contribution in [-0.4, -0.2) is 5.54 Å². The lowest BCUT2D eigenvalue weighted by molar-refractivity contribution is 0.414. The van der Waals surface area contributed by atoms with Gasteiger partial charge in [0.15, 0.2) is 0 Å². The lowest BCUT2D eigenvalue weighted by atomic mass is 10.1. The minimum absolute atomic E-state index is 0.0802. The van der Waals surface area contributed by atoms with Gasteiger partial charge < -0.3 is 10.1 Å². The van der Waals surface area contributed by atoms with Crippen molar-refractivity contribution in [3.63, 3.8) is 0 Å². The molecule has 21 heavy (non-hydrogen) atoms. The van der Waals surface area contributed by atoms with Crippen LogP contribution in [0.2, 0.25) is 0 Å². The molecular weight excluding hydrogens is 326 g/mol. The summed E-state index contributed by atoms with van der Waals surface area (Å²) in [5.41, 5.74) is 2.49. The summed E-state index contributed by atoms with van der Waals surface area (Å²) < 4.78 is 7.06. The topological polar surface area (TPSA) is 21.3 Å². The van der Waals surface area contributed by atoms with Crippen molar-refractivity contribution < 1.29 is 4.74 Å². The number of hydrogen-bond acceptors (Lipinski definition) is 2. The third-order valence-electron chi connectivity index (χ3n) is 3.05. The third kappa shape index (κ3) is 5.18. The normalized spacial score (nSPS) is 11.5. The molecule has 112 valence electrons. The lowest BCUT2D eigenvalue weighted by Crippen LogP contribution is -2.35. The number of nitrogens with one attached hydrogen (secondary N) is 1. The minimum atomic E-state index is 0.0802. The Kier molecular flexibility index (Phi) is 5.07. The molecule has 0 atom stereocenters. The summed E-state index contributed by atoms with van der Waals surface area (Å²) in [7, 11) is 0. The maximum Gasteiger partial charge on any atom is 0.131 e. The molecule has 2 aromatic carbocycles. The highest BCUT2D eigenvalue weighted by Gasteiger charge is 2.12. The van der Waals surface area contributed by atoms with Gasteiger partial charge in [-0.25, -0.2) is 0 Å². The summed E-state index contributed by atoms with van der Waals surface area (Å²) >= 11 is 3.47. The first-order chi connectivity index (χ1) is 9.83. The predicted octanol–water partition coefficient (Wildman–Crippen LogP) is 5.44. The Morgan fingerprint density at radius 1 is 1.10 bits per heavy atom. The van der Waals surface area contributed by atoms with E-state index in [0.717, 1.165) is 22.5 Å². The molecular formula is C18H22BrNO. The number of rotatable bonds is 4. The molecule has 1 N–H and O–H groups in total. The maximum absolute atomic E-state index is 6.04. The molecule has 0 aromatic heterocycles. The van der Waals surface area contributed by atoms with Crippen molar-refractivity contribution in [1.82, 2.24) is 5.32 Å². The molecule has 0 bridgehead atoms. The summed E-state index contributed by atoms with van der Waals surface area (Å²) in [6.45, 7) is 9.38. The van der Waals surface area contributed by atoms with E-state index in [1.807, 2.05) is 30.3 Å². The summed E-state index contributed by atoms with van der Waals surface area (Å²) in [4.78, 5) is 0. The zero-order valence-electron chi connectivity index (χ0n) is 13.0. The zero-order valence-corrected chi connectivity index (χ0v) is 14.6. The van der Waals surface area contributed by atoms with E-state index >= 15 is 0 Å². The fourth-order valence-corrected chi connectivity index (χ4v) is 2.34. The first-order valence-corrected chi connectivity index (χ1v) is 7.91. The van der Waals surface area contributed by atoms with E-state index in [1.54, 1.807) is 0 Å². The van der Waals surface area contributed by atoms with Gasteiger partial charge in [0.05, 0.1) is 0 Å². The van der Waals surface area contributed by atoms with Crippen molar-refractivity contribution in [3.05, 3.63) is 58.1 Å². The fraction of sp³-hybridized carbons (Fsp3) is 0.333. The van der Waals surface area contributed by atoms with Crippen LogP contribution in [0, 0.1) is 6.92 Å². The van der Waals surface area contributed by atoms with Gasteiger partial charge in [0.25, 0.3) is 0 Å². The van der Waals surface area contributed by atoms with E-state index in [4.69, 9.17) is 4.74 Å². The highest BCUT2D eigenvalue weighted by molar-refractivity contribution is 9.10. The summed E-state index contributed by atoms with van der Waals surface area (Å²) in [6.07, 6.45) is 0. The summed E-state index contributed by atoms with van der Waals surface area (Å²) in [5, 5.41) is 3.51. The van der Waals surface area contributed by atoms with Gasteiger partial charge in [0, 0.05) is 22.1 Å². The standard InChI is InChI=1S/C18H22BrNO/c1-13-8-9-17(14(10-13)12-20-18(2,3)4)21-16-7-5-6-15(19)11-16/h5-11,20H,12H2,1-4H3. The Balaban J connectivity index is 2.22. The van der Waals surface area contributed by atoms with Gasteiger partial charge in [0.1, 0.15) is 11.5 Å². The largest absolute Gasteiger partial charge is 0.457 e. The number of benzene rings is 2. The second kappa shape index (κ2) is 6.63. The van der Waals surface area contributed by atoms with E-state index in [1.165, 1.54) is 11.1 Å². The van der Waals surface area contributed by atoms with Gasteiger partial charge in [-0.05, 0) is 52.0 Å². The van der Waals surface area contributed by atoms with Crippen molar-refractivity contribution in [1.29, 1.82) is 0 Å². The highest BCUT2D eigenvalue weighted by atomic mass is 79.9. The minimum Gasteiger partial charge on any atom is -0.457 e. The summed E-state index contributed by atoms with van der Waals surface area (Å²) in [6, 6.07) is 14.2. The van der Waals surface area contributed by atoms with Crippen molar-refractivity contribution in [2.75, 3.05) is 0 Å². The molecule has 0 aliphatic heterocycles. The molecule has 2 aromatic rings. The van der Waals surface area contributed by atoms with Crippen LogP contribution in [0.25, 0.3) is 0 Å². The SMILES string of the molecule is Cc1ccc(Oc2cccc(Br)c2)c(CNC(C)(C)C)c1. The molecule has 0 heterocycles. The molecule has 3 heteroatoms. The molecule has 0 spiro atoms. The van der Waals surface area contributed by atoms with Crippen LogP contribution in [-0.2, 0) is 6.54 Å². The number of aryl methyl sites for hydroxylation is 1. The second-order valence-corrected chi connectivity index (χ2v) is 7.19. The van der Waals surface area contributed by atoms with Crippen molar-refractivity contribution in [2.45, 2.75) is 39.8 Å². The molecule has 2 nitrogen and oxygen atoms in total. The molecule has 0 radical (unpaired) electrons. The highest BCUT2D eigenvalue weighted by Crippen LogP contribution is 2.28. The lowest BCUT2D eigenvalue weighted by Gasteiger charge is -2.22. The van der Waals surface area contributed by atoms with Gasteiger partial charge in [-0.3, -0.25) is 0 Å². The van der Waals surface area contributed by atoms with Gasteiger partial charge in [0.2, 0.25) is 0 Å². The van der Waals surface area contributed by atoms with Crippen LogP contribution in [0.1, 0.15) is 31.9 Å². The van der Waals surface area contributed by atoms with Crippen molar-refractivity contribution in [3.8, 4) is 11.5 Å². The molecule has 0 unspecified atom stereocenters. The number of ether oxygens (including phenoxy) is 1. The van der Waals surface area contributed by atoms with E-state index < -0.39 is 0 Å². The number of halogens is 1. The van der Waals surface area contributed by atoms with Crippen LogP contribution in [0.4, 0.5) is 0 Å². The predicted molar refractivity (Wildman–Crippen MR) is 92.0 cm³/mol. The van der Waals surface area contributed by atoms with Crippen LogP contribution in [0.5, 0.6) is 11.5 Å². The molecule has 2 rings (SSSR count). The van der Waals surface area contributed by atoms with E-state index in [-0.39, 0.29) is 5.54 Å². The average molecular weight is 348 g/mol. The average Bonchev–Trinajstić information content (AvgIpc) is 2.38. The molecule has 0 aliphatic carbocycles. The Bertz CT molecular complexity index is 617.